The molecule has 0 bridgehead atoms. The third-order valence-electron chi connectivity index (χ3n) is 7.48. The first-order valence-corrected chi connectivity index (χ1v) is 16.0. The minimum absolute atomic E-state index is 0.00872. The lowest BCUT2D eigenvalue weighted by Gasteiger charge is -2.27. The molecule has 5 N–H and O–H groups in total. The first kappa shape index (κ1) is 29.5. The standard InChI is InChI=1S/C33H33FN6O3S/c1-33(2,3)32(41)37-24-13-22(17-35-18-24)20-8-9-29-27(14-20)31(40-39-29)30-15-26-25(6-5-7-28(26)38-30)21-10-19(11-23(34)12-21)16-36-44(4,42)43/h5-15,17-18,32,36-38,41H,16H2,1-4H3,(H,39,40). The summed E-state index contributed by atoms with van der Waals surface area (Å²) in [6.07, 6.45) is 3.80. The third kappa shape index (κ3) is 6.21. The molecule has 3 aromatic carbocycles. The number of nitrogens with zero attached hydrogens (tertiary/aromatic N) is 2. The molecule has 6 rings (SSSR count). The average molecular weight is 613 g/mol. The largest absolute Gasteiger partial charge is 0.373 e. The normalized spacial score (nSPS) is 13.0. The van der Waals surface area contributed by atoms with Gasteiger partial charge in [0.05, 0.1) is 29.4 Å². The second-order valence-corrected chi connectivity index (χ2v) is 13.9. The number of benzene rings is 3. The minimum atomic E-state index is -3.42. The Hall–Kier alpha value is -4.58. The fraction of sp³-hybridized carbons (Fsp3) is 0.212. The lowest BCUT2D eigenvalue weighted by molar-refractivity contribution is 0.0880. The molecule has 0 amide bonds. The maximum Gasteiger partial charge on any atom is 0.209 e. The van der Waals surface area contributed by atoms with E-state index in [0.717, 1.165) is 56.1 Å². The summed E-state index contributed by atoms with van der Waals surface area (Å²) in [5.41, 5.74) is 7.39. The van der Waals surface area contributed by atoms with Gasteiger partial charge in [-0.25, -0.2) is 17.5 Å². The highest BCUT2D eigenvalue weighted by Gasteiger charge is 2.22. The molecule has 0 aliphatic rings. The molecule has 0 aliphatic carbocycles. The van der Waals surface area contributed by atoms with E-state index in [1.54, 1.807) is 18.5 Å². The number of aromatic amines is 2. The average Bonchev–Trinajstić information content (AvgIpc) is 3.59. The predicted molar refractivity (Wildman–Crippen MR) is 173 cm³/mol. The van der Waals surface area contributed by atoms with Gasteiger partial charge in [0.1, 0.15) is 17.7 Å². The molecule has 9 nitrogen and oxygen atoms in total. The highest BCUT2D eigenvalue weighted by molar-refractivity contribution is 7.88. The van der Waals surface area contributed by atoms with Gasteiger partial charge in [-0.2, -0.15) is 5.10 Å². The summed E-state index contributed by atoms with van der Waals surface area (Å²) < 4.78 is 40.2. The Morgan fingerprint density at radius 1 is 0.932 bits per heavy atom. The number of halogens is 1. The predicted octanol–water partition coefficient (Wildman–Crippen LogP) is 6.40. The second-order valence-electron chi connectivity index (χ2n) is 12.1. The Bertz CT molecular complexity index is 2110. The van der Waals surface area contributed by atoms with Crippen LogP contribution in [0.25, 0.3) is 55.4 Å². The number of nitrogens with one attached hydrogen (secondary N) is 4. The molecule has 0 aliphatic heterocycles. The highest BCUT2D eigenvalue weighted by Crippen LogP contribution is 2.36. The Morgan fingerprint density at radius 2 is 1.75 bits per heavy atom. The quantitative estimate of drug-likeness (QED) is 0.126. The van der Waals surface area contributed by atoms with Crippen molar-refractivity contribution in [3.8, 4) is 33.6 Å². The van der Waals surface area contributed by atoms with Gasteiger partial charge < -0.3 is 15.4 Å². The van der Waals surface area contributed by atoms with Crippen molar-refractivity contribution < 1.29 is 17.9 Å². The maximum absolute atomic E-state index is 14.6. The molecule has 0 radical (unpaired) electrons. The van der Waals surface area contributed by atoms with Gasteiger partial charge in [0.25, 0.3) is 0 Å². The highest BCUT2D eigenvalue weighted by atomic mass is 32.2. The van der Waals surface area contributed by atoms with Gasteiger partial charge in [-0.1, -0.05) is 39.0 Å². The van der Waals surface area contributed by atoms with Crippen molar-refractivity contribution in [2.75, 3.05) is 11.6 Å². The van der Waals surface area contributed by atoms with Crippen molar-refractivity contribution in [3.05, 3.63) is 90.5 Å². The number of aliphatic hydroxyl groups is 1. The van der Waals surface area contributed by atoms with Crippen LogP contribution in [0, 0.1) is 11.2 Å². The maximum atomic E-state index is 14.6. The zero-order chi connectivity index (χ0) is 31.2. The Kier molecular flexibility index (Phi) is 7.48. The number of sulfonamides is 1. The Balaban J connectivity index is 1.37. The minimum Gasteiger partial charge on any atom is -0.373 e. The van der Waals surface area contributed by atoms with Crippen LogP contribution in [-0.2, 0) is 16.6 Å². The number of rotatable bonds is 8. The van der Waals surface area contributed by atoms with Gasteiger partial charge >= 0.3 is 0 Å². The van der Waals surface area contributed by atoms with Crippen LogP contribution in [0.3, 0.4) is 0 Å². The number of H-pyrrole nitrogens is 2. The molecule has 1 unspecified atom stereocenters. The number of aliphatic hydroxyl groups excluding tert-OH is 1. The van der Waals surface area contributed by atoms with Crippen molar-refractivity contribution in [2.24, 2.45) is 5.41 Å². The van der Waals surface area contributed by atoms with E-state index in [1.165, 1.54) is 12.1 Å². The molecule has 0 fully saturated rings. The van der Waals surface area contributed by atoms with E-state index in [4.69, 9.17) is 0 Å². The first-order chi connectivity index (χ1) is 20.8. The van der Waals surface area contributed by atoms with E-state index in [1.807, 2.05) is 63.2 Å². The summed E-state index contributed by atoms with van der Waals surface area (Å²) in [7, 11) is -3.42. The second kappa shape index (κ2) is 11.2. The van der Waals surface area contributed by atoms with Crippen molar-refractivity contribution >= 4 is 37.5 Å². The van der Waals surface area contributed by atoms with Crippen LogP contribution in [0.2, 0.25) is 0 Å². The number of hydrogen-bond acceptors (Lipinski definition) is 6. The Morgan fingerprint density at radius 3 is 2.52 bits per heavy atom. The van der Waals surface area contributed by atoms with E-state index in [2.05, 4.69) is 36.3 Å². The zero-order valence-electron chi connectivity index (χ0n) is 24.7. The van der Waals surface area contributed by atoms with Gasteiger partial charge in [-0.3, -0.25) is 10.1 Å². The van der Waals surface area contributed by atoms with Crippen LogP contribution >= 0.6 is 0 Å². The fourth-order valence-corrected chi connectivity index (χ4v) is 5.54. The van der Waals surface area contributed by atoms with E-state index in [9.17, 15) is 17.9 Å². The van der Waals surface area contributed by atoms with Crippen LogP contribution in [-0.4, -0.2) is 46.2 Å². The third-order valence-corrected chi connectivity index (χ3v) is 8.15. The molecule has 0 saturated heterocycles. The molecule has 226 valence electrons. The summed E-state index contributed by atoms with van der Waals surface area (Å²) in [6.45, 7) is 5.86. The molecule has 1 atom stereocenters. The summed E-state index contributed by atoms with van der Waals surface area (Å²) in [6, 6.07) is 20.3. The first-order valence-electron chi connectivity index (χ1n) is 14.1. The molecule has 3 aromatic heterocycles. The number of hydrogen-bond donors (Lipinski definition) is 5. The SMILES string of the molecule is CC(C)(C)C(O)Nc1cncc(-c2ccc3[nH]nc(-c4cc5c(-c6cc(F)cc(CNS(C)(=O)=O)c6)cccc5[nH]4)c3c2)c1. The van der Waals surface area contributed by atoms with Crippen molar-refractivity contribution in [2.45, 2.75) is 33.5 Å². The number of anilines is 1. The van der Waals surface area contributed by atoms with Gasteiger partial charge in [0.15, 0.2) is 0 Å². The number of aromatic nitrogens is 4. The van der Waals surface area contributed by atoms with E-state index < -0.39 is 22.1 Å². The molecule has 3 heterocycles. The smallest absolute Gasteiger partial charge is 0.209 e. The lowest BCUT2D eigenvalue weighted by Crippen LogP contribution is -2.33. The van der Waals surface area contributed by atoms with Crippen LogP contribution in [0.4, 0.5) is 10.1 Å². The van der Waals surface area contributed by atoms with Crippen LogP contribution in [0.1, 0.15) is 26.3 Å². The summed E-state index contributed by atoms with van der Waals surface area (Å²) in [5, 5.41) is 23.2. The van der Waals surface area contributed by atoms with Crippen LogP contribution in [0.15, 0.2) is 79.1 Å². The van der Waals surface area contributed by atoms with Crippen molar-refractivity contribution in [1.82, 2.24) is 24.9 Å². The van der Waals surface area contributed by atoms with E-state index in [-0.39, 0.29) is 12.0 Å². The van der Waals surface area contributed by atoms with Crippen LogP contribution < -0.4 is 10.0 Å². The molecular formula is C33H33FN6O3S. The molecule has 0 spiro atoms. The van der Waals surface area contributed by atoms with Crippen LogP contribution in [0.5, 0.6) is 0 Å². The van der Waals surface area contributed by atoms with Crippen molar-refractivity contribution in [3.63, 3.8) is 0 Å². The van der Waals surface area contributed by atoms with E-state index >= 15 is 0 Å². The molecule has 0 saturated carbocycles. The zero-order valence-corrected chi connectivity index (χ0v) is 25.6. The van der Waals surface area contributed by atoms with Gasteiger partial charge in [0, 0.05) is 40.0 Å². The summed E-state index contributed by atoms with van der Waals surface area (Å²) >= 11 is 0. The van der Waals surface area contributed by atoms with Gasteiger partial charge in [0.2, 0.25) is 10.0 Å². The monoisotopic (exact) mass is 612 g/mol. The fourth-order valence-electron chi connectivity index (χ4n) is 5.11. The summed E-state index contributed by atoms with van der Waals surface area (Å²) in [5.74, 6) is -0.451. The van der Waals surface area contributed by atoms with Gasteiger partial charge in [-0.05, 0) is 70.8 Å². The Labute approximate surface area is 254 Å². The lowest BCUT2D eigenvalue weighted by atomic mass is 9.94. The molecular weight excluding hydrogens is 579 g/mol. The topological polar surface area (TPSA) is 136 Å². The molecule has 11 heteroatoms. The number of pyridine rings is 1. The van der Waals surface area contributed by atoms with E-state index in [0.29, 0.717) is 16.8 Å². The number of fused-ring (bicyclic) bond motifs is 2. The van der Waals surface area contributed by atoms with Gasteiger partial charge in [-0.15, -0.1) is 0 Å². The molecule has 6 aromatic rings. The molecule has 44 heavy (non-hydrogen) atoms. The van der Waals surface area contributed by atoms with Crippen molar-refractivity contribution in [1.29, 1.82) is 0 Å². The summed E-state index contributed by atoms with van der Waals surface area (Å²) in [4.78, 5) is 7.84.